The van der Waals surface area contributed by atoms with Gasteiger partial charge in [0.2, 0.25) is 0 Å². The van der Waals surface area contributed by atoms with Gasteiger partial charge in [0.05, 0.1) is 24.4 Å². The summed E-state index contributed by atoms with van der Waals surface area (Å²) < 4.78 is 4.60. The number of esters is 1. The number of nitriles is 1. The number of hydrogen-bond donors (Lipinski definition) is 0. The highest BCUT2D eigenvalue weighted by Crippen LogP contribution is 2.22. The first-order valence-corrected chi connectivity index (χ1v) is 5.75. The van der Waals surface area contributed by atoms with Crippen LogP contribution in [0.25, 0.3) is 0 Å². The summed E-state index contributed by atoms with van der Waals surface area (Å²) in [5, 5.41) is 9.28. The molecule has 19 heavy (non-hydrogen) atoms. The van der Waals surface area contributed by atoms with Crippen LogP contribution in [0.1, 0.15) is 27.5 Å². The molecular weight excluding hydrogens is 240 g/mol. The molecule has 0 aliphatic rings. The van der Waals surface area contributed by atoms with Crippen LogP contribution in [0, 0.1) is 11.3 Å². The highest BCUT2D eigenvalue weighted by Gasteiger charge is 2.15. The van der Waals surface area contributed by atoms with E-state index in [1.807, 2.05) is 30.3 Å². The van der Waals surface area contributed by atoms with Gasteiger partial charge in [-0.05, 0) is 17.7 Å². The van der Waals surface area contributed by atoms with Crippen molar-refractivity contribution in [2.24, 2.45) is 0 Å². The molecule has 1 heterocycles. The van der Waals surface area contributed by atoms with Crippen molar-refractivity contribution in [3.63, 3.8) is 0 Å². The average Bonchev–Trinajstić information content (AvgIpc) is 2.49. The molecule has 0 N–H and O–H groups in total. The zero-order valence-electron chi connectivity index (χ0n) is 10.4. The maximum Gasteiger partial charge on any atom is 0.339 e. The second-order valence-electron chi connectivity index (χ2n) is 3.94. The quantitative estimate of drug-likeness (QED) is 0.787. The smallest absolute Gasteiger partial charge is 0.339 e. The fourth-order valence-electron chi connectivity index (χ4n) is 1.77. The molecule has 0 fully saturated rings. The number of aromatic nitrogens is 1. The Morgan fingerprint density at radius 2 is 2.00 bits per heavy atom. The number of benzene rings is 1. The fraction of sp³-hybridized carbons (Fsp3) is 0.133. The summed E-state index contributed by atoms with van der Waals surface area (Å²) in [5.41, 5.74) is 1.86. The topological polar surface area (TPSA) is 63.0 Å². The summed E-state index contributed by atoms with van der Waals surface area (Å²) in [6, 6.07) is 14.9. The Morgan fingerprint density at radius 1 is 1.26 bits per heavy atom. The SMILES string of the molecule is COC(=O)c1ccc(C(C#N)c2ccccc2)nc1. The highest BCUT2D eigenvalue weighted by atomic mass is 16.5. The lowest BCUT2D eigenvalue weighted by molar-refractivity contribution is 0.0600. The maximum absolute atomic E-state index is 11.3. The Bertz CT molecular complexity index is 600. The molecule has 0 amide bonds. The van der Waals surface area contributed by atoms with Crippen LogP contribution in [0.2, 0.25) is 0 Å². The normalized spacial score (nSPS) is 11.4. The molecule has 0 saturated carbocycles. The van der Waals surface area contributed by atoms with Gasteiger partial charge in [0.1, 0.15) is 5.92 Å². The van der Waals surface area contributed by atoms with E-state index in [4.69, 9.17) is 0 Å². The first-order valence-electron chi connectivity index (χ1n) is 5.75. The summed E-state index contributed by atoms with van der Waals surface area (Å²) in [6.07, 6.45) is 1.43. The van der Waals surface area contributed by atoms with Crippen LogP contribution in [0.5, 0.6) is 0 Å². The predicted molar refractivity (Wildman–Crippen MR) is 69.5 cm³/mol. The van der Waals surface area contributed by atoms with Gasteiger partial charge < -0.3 is 4.74 Å². The van der Waals surface area contributed by atoms with Gasteiger partial charge in [0.25, 0.3) is 0 Å². The minimum Gasteiger partial charge on any atom is -0.465 e. The minimum absolute atomic E-state index is 0.371. The van der Waals surface area contributed by atoms with Gasteiger partial charge in [-0.15, -0.1) is 0 Å². The van der Waals surface area contributed by atoms with Crippen molar-refractivity contribution in [2.45, 2.75) is 5.92 Å². The van der Waals surface area contributed by atoms with Gasteiger partial charge in [0, 0.05) is 6.20 Å². The molecule has 2 rings (SSSR count). The number of rotatable bonds is 3. The number of nitrogens with zero attached hydrogens (tertiary/aromatic N) is 2. The molecule has 0 radical (unpaired) electrons. The Labute approximate surface area is 111 Å². The van der Waals surface area contributed by atoms with E-state index >= 15 is 0 Å². The lowest BCUT2D eigenvalue weighted by Crippen LogP contribution is -2.05. The summed E-state index contributed by atoms with van der Waals surface area (Å²) in [6.45, 7) is 0. The van der Waals surface area contributed by atoms with Crippen molar-refractivity contribution in [2.75, 3.05) is 7.11 Å². The summed E-state index contributed by atoms with van der Waals surface area (Å²) >= 11 is 0. The molecule has 0 spiro atoms. The number of pyridine rings is 1. The van der Waals surface area contributed by atoms with Gasteiger partial charge in [-0.2, -0.15) is 5.26 Å². The second-order valence-corrected chi connectivity index (χ2v) is 3.94. The van der Waals surface area contributed by atoms with Crippen LogP contribution in [-0.2, 0) is 4.74 Å². The number of carbonyl (C=O) groups excluding carboxylic acids is 1. The fourth-order valence-corrected chi connectivity index (χ4v) is 1.77. The third-order valence-electron chi connectivity index (χ3n) is 2.77. The van der Waals surface area contributed by atoms with Crippen LogP contribution in [0.15, 0.2) is 48.7 Å². The molecule has 0 bridgehead atoms. The van der Waals surface area contributed by atoms with Crippen molar-refractivity contribution in [3.8, 4) is 6.07 Å². The molecule has 94 valence electrons. The molecule has 4 heteroatoms. The monoisotopic (exact) mass is 252 g/mol. The molecule has 1 unspecified atom stereocenters. The third-order valence-corrected chi connectivity index (χ3v) is 2.77. The lowest BCUT2D eigenvalue weighted by Gasteiger charge is -2.09. The highest BCUT2D eigenvalue weighted by molar-refractivity contribution is 5.88. The van der Waals surface area contributed by atoms with E-state index in [1.165, 1.54) is 13.3 Å². The predicted octanol–water partition coefficient (Wildman–Crippen LogP) is 2.52. The van der Waals surface area contributed by atoms with E-state index in [9.17, 15) is 10.1 Å². The van der Waals surface area contributed by atoms with Crippen LogP contribution in [0.4, 0.5) is 0 Å². The zero-order chi connectivity index (χ0) is 13.7. The molecule has 1 atom stereocenters. The van der Waals surface area contributed by atoms with Crippen LogP contribution < -0.4 is 0 Å². The lowest BCUT2D eigenvalue weighted by atomic mass is 9.96. The standard InChI is InChI=1S/C15H12N2O2/c1-19-15(18)12-7-8-14(17-10-12)13(9-16)11-5-3-2-4-6-11/h2-8,10,13H,1H3. The number of carbonyl (C=O) groups is 1. The number of hydrogen-bond acceptors (Lipinski definition) is 4. The molecule has 2 aromatic rings. The largest absolute Gasteiger partial charge is 0.465 e. The Kier molecular flexibility index (Phi) is 3.89. The number of ether oxygens (including phenoxy) is 1. The van der Waals surface area contributed by atoms with Gasteiger partial charge in [0.15, 0.2) is 0 Å². The van der Waals surface area contributed by atoms with E-state index in [0.29, 0.717) is 11.3 Å². The van der Waals surface area contributed by atoms with Crippen molar-refractivity contribution in [1.82, 2.24) is 4.98 Å². The molecule has 0 saturated heterocycles. The van der Waals surface area contributed by atoms with Gasteiger partial charge >= 0.3 is 5.97 Å². The van der Waals surface area contributed by atoms with Crippen molar-refractivity contribution >= 4 is 5.97 Å². The van der Waals surface area contributed by atoms with Crippen molar-refractivity contribution < 1.29 is 9.53 Å². The summed E-state index contributed by atoms with van der Waals surface area (Å²) in [7, 11) is 1.32. The van der Waals surface area contributed by atoms with Crippen molar-refractivity contribution in [1.29, 1.82) is 5.26 Å². The van der Waals surface area contributed by atoms with Crippen LogP contribution in [0.3, 0.4) is 0 Å². The molecule has 0 aliphatic heterocycles. The molecule has 1 aromatic carbocycles. The minimum atomic E-state index is -0.438. The van der Waals surface area contributed by atoms with Crippen LogP contribution >= 0.6 is 0 Å². The van der Waals surface area contributed by atoms with Gasteiger partial charge in [-0.25, -0.2) is 4.79 Å². The number of methoxy groups -OCH3 is 1. The van der Waals surface area contributed by atoms with E-state index in [-0.39, 0.29) is 0 Å². The maximum atomic E-state index is 11.3. The Hall–Kier alpha value is -2.67. The van der Waals surface area contributed by atoms with Gasteiger partial charge in [-0.3, -0.25) is 4.98 Å². The Balaban J connectivity index is 2.31. The molecule has 4 nitrogen and oxygen atoms in total. The second kappa shape index (κ2) is 5.78. The zero-order valence-corrected chi connectivity index (χ0v) is 10.4. The van der Waals surface area contributed by atoms with Crippen molar-refractivity contribution in [3.05, 3.63) is 65.5 Å². The Morgan fingerprint density at radius 3 is 2.53 bits per heavy atom. The van der Waals surface area contributed by atoms with E-state index in [1.54, 1.807) is 12.1 Å². The third kappa shape index (κ3) is 2.78. The van der Waals surface area contributed by atoms with E-state index in [0.717, 1.165) is 5.56 Å². The first kappa shape index (κ1) is 12.8. The van der Waals surface area contributed by atoms with Crippen LogP contribution in [-0.4, -0.2) is 18.1 Å². The molecular formula is C15H12N2O2. The molecule has 1 aromatic heterocycles. The van der Waals surface area contributed by atoms with E-state index in [2.05, 4.69) is 15.8 Å². The van der Waals surface area contributed by atoms with Gasteiger partial charge in [-0.1, -0.05) is 30.3 Å². The summed E-state index contributed by atoms with van der Waals surface area (Å²) in [5.74, 6) is -0.875. The first-order chi connectivity index (χ1) is 9.26. The average molecular weight is 252 g/mol. The molecule has 0 aliphatic carbocycles. The van der Waals surface area contributed by atoms with E-state index < -0.39 is 11.9 Å². The summed E-state index contributed by atoms with van der Waals surface area (Å²) in [4.78, 5) is 15.5.